The lowest BCUT2D eigenvalue weighted by Crippen LogP contribution is -2.12. The standard InChI is InChI=1S/C58H42N2/c1-39-37-53(59(45-21-11-5-12-22-45)47-31-27-43(28-32-47)41-17-7-3-8-18-41)51-35-36-52-54(38-40(2)56-50-26-16-15-25-49(50)55(39)57(51)58(52)56)60(46-23-13-6-14-24-46)48-33-29-44(30-34-48)42-19-9-4-10-20-42/h3-38H,1-2H3. The molecule has 0 atom stereocenters. The molecule has 0 fully saturated rings. The van der Waals surface area contributed by atoms with Gasteiger partial charge >= 0.3 is 0 Å². The van der Waals surface area contributed by atoms with Crippen LogP contribution in [-0.4, -0.2) is 0 Å². The first-order valence-electron chi connectivity index (χ1n) is 20.8. The molecule has 0 heterocycles. The number of fused-ring (bicyclic) bond motifs is 3. The number of rotatable bonds is 8. The SMILES string of the molecule is Cc1cc(N(c2ccccc2)c2ccc(-c3ccccc3)cc2)c2ccc3c(N(c4ccccc4)c4ccc(-c5ccccc5)cc4)cc(C)c4c5ccccc5c1c2c34. The highest BCUT2D eigenvalue weighted by Crippen LogP contribution is 2.52. The molecular weight excluding hydrogens is 725 g/mol. The zero-order valence-corrected chi connectivity index (χ0v) is 33.7. The summed E-state index contributed by atoms with van der Waals surface area (Å²) in [7, 11) is 0. The van der Waals surface area contributed by atoms with Crippen molar-refractivity contribution in [3.63, 3.8) is 0 Å². The van der Waals surface area contributed by atoms with E-state index in [0.29, 0.717) is 0 Å². The summed E-state index contributed by atoms with van der Waals surface area (Å²) in [6.07, 6.45) is 0. The Morgan fingerprint density at radius 2 is 0.550 bits per heavy atom. The second-order valence-corrected chi connectivity index (χ2v) is 15.8. The van der Waals surface area contributed by atoms with Gasteiger partial charge in [0.05, 0.1) is 11.4 Å². The number of anilines is 6. The highest BCUT2D eigenvalue weighted by atomic mass is 15.1. The van der Waals surface area contributed by atoms with E-state index < -0.39 is 0 Å². The molecule has 2 nitrogen and oxygen atoms in total. The summed E-state index contributed by atoms with van der Waals surface area (Å²) < 4.78 is 0. The van der Waals surface area contributed by atoms with E-state index in [9.17, 15) is 0 Å². The molecule has 0 unspecified atom stereocenters. The van der Waals surface area contributed by atoms with E-state index in [-0.39, 0.29) is 0 Å². The lowest BCUT2D eigenvalue weighted by Gasteiger charge is -2.31. The van der Waals surface area contributed by atoms with Crippen molar-refractivity contribution in [2.75, 3.05) is 9.80 Å². The first-order chi connectivity index (χ1) is 29.6. The largest absolute Gasteiger partial charge is 0.310 e. The molecule has 11 aromatic rings. The van der Waals surface area contributed by atoms with Gasteiger partial charge in [-0.05, 0) is 129 Å². The van der Waals surface area contributed by atoms with Crippen LogP contribution in [0, 0.1) is 13.8 Å². The van der Waals surface area contributed by atoms with Gasteiger partial charge in [0.25, 0.3) is 0 Å². The van der Waals surface area contributed by atoms with Crippen molar-refractivity contribution in [2.24, 2.45) is 0 Å². The fraction of sp³-hybridized carbons (Fsp3) is 0.0345. The summed E-state index contributed by atoms with van der Waals surface area (Å²) in [4.78, 5) is 4.88. The van der Waals surface area contributed by atoms with Gasteiger partial charge in [0.15, 0.2) is 0 Å². The van der Waals surface area contributed by atoms with Crippen LogP contribution in [-0.2, 0) is 0 Å². The Bertz CT molecular complexity index is 3060. The van der Waals surface area contributed by atoms with Crippen LogP contribution in [0.3, 0.4) is 0 Å². The maximum absolute atomic E-state index is 2.44. The van der Waals surface area contributed by atoms with Gasteiger partial charge in [-0.25, -0.2) is 0 Å². The Hall–Kier alpha value is -7.68. The molecule has 0 saturated carbocycles. The van der Waals surface area contributed by atoms with Crippen molar-refractivity contribution < 1.29 is 0 Å². The predicted molar refractivity (Wildman–Crippen MR) is 257 cm³/mol. The van der Waals surface area contributed by atoms with Crippen LogP contribution < -0.4 is 9.80 Å². The molecule has 0 spiro atoms. The van der Waals surface area contributed by atoms with E-state index in [2.05, 4.69) is 242 Å². The maximum atomic E-state index is 2.44. The quantitative estimate of drug-likeness (QED) is 0.112. The molecule has 0 bridgehead atoms. The molecule has 11 aromatic carbocycles. The summed E-state index contributed by atoms with van der Waals surface area (Å²) in [5.74, 6) is 0. The van der Waals surface area contributed by atoms with Crippen molar-refractivity contribution in [1.82, 2.24) is 0 Å². The number of hydrogen-bond donors (Lipinski definition) is 0. The summed E-state index contributed by atoms with van der Waals surface area (Å²) in [6, 6.07) is 79.5. The Morgan fingerprint density at radius 3 is 0.917 bits per heavy atom. The number of nitrogens with zero attached hydrogens (tertiary/aromatic N) is 2. The van der Waals surface area contributed by atoms with Crippen LogP contribution in [0.25, 0.3) is 65.3 Å². The van der Waals surface area contributed by atoms with Crippen molar-refractivity contribution in [3.8, 4) is 22.3 Å². The lowest BCUT2D eigenvalue weighted by molar-refractivity contribution is 1.29. The molecular formula is C58H42N2. The van der Waals surface area contributed by atoms with E-state index in [0.717, 1.165) is 34.1 Å². The van der Waals surface area contributed by atoms with E-state index >= 15 is 0 Å². The first-order valence-corrected chi connectivity index (χ1v) is 20.8. The monoisotopic (exact) mass is 766 g/mol. The Balaban J connectivity index is 1.19. The molecule has 0 aliphatic heterocycles. The average Bonchev–Trinajstić information content (AvgIpc) is 3.31. The van der Waals surface area contributed by atoms with Gasteiger partial charge in [0, 0.05) is 44.3 Å². The molecule has 0 amide bonds. The molecule has 0 radical (unpaired) electrons. The van der Waals surface area contributed by atoms with Crippen LogP contribution >= 0.6 is 0 Å². The molecule has 0 saturated heterocycles. The maximum Gasteiger partial charge on any atom is 0.0543 e. The normalized spacial score (nSPS) is 11.5. The van der Waals surface area contributed by atoms with E-state index in [1.807, 2.05) is 0 Å². The van der Waals surface area contributed by atoms with Crippen LogP contribution in [0.1, 0.15) is 11.1 Å². The third-order valence-corrected chi connectivity index (χ3v) is 12.2. The van der Waals surface area contributed by atoms with Crippen LogP contribution in [0.5, 0.6) is 0 Å². The molecule has 0 N–H and O–H groups in total. The zero-order valence-electron chi connectivity index (χ0n) is 33.7. The molecule has 60 heavy (non-hydrogen) atoms. The third kappa shape index (κ3) is 5.88. The van der Waals surface area contributed by atoms with E-state index in [4.69, 9.17) is 0 Å². The minimum Gasteiger partial charge on any atom is -0.310 e. The zero-order chi connectivity index (χ0) is 40.2. The van der Waals surface area contributed by atoms with Crippen LogP contribution in [0.2, 0.25) is 0 Å². The van der Waals surface area contributed by atoms with Gasteiger partial charge in [0.1, 0.15) is 0 Å². The summed E-state index contributed by atoms with van der Waals surface area (Å²) in [5.41, 5.74) is 14.1. The average molecular weight is 767 g/mol. The molecule has 2 heteroatoms. The smallest absolute Gasteiger partial charge is 0.0543 e. The van der Waals surface area contributed by atoms with Crippen molar-refractivity contribution in [1.29, 1.82) is 0 Å². The lowest BCUT2D eigenvalue weighted by atomic mass is 9.84. The topological polar surface area (TPSA) is 6.48 Å². The van der Waals surface area contributed by atoms with Gasteiger partial charge in [0.2, 0.25) is 0 Å². The second kappa shape index (κ2) is 14.6. The van der Waals surface area contributed by atoms with Crippen molar-refractivity contribution in [3.05, 3.63) is 230 Å². The molecule has 0 aliphatic carbocycles. The molecule has 0 aromatic heterocycles. The predicted octanol–water partition coefficient (Wildman–Crippen LogP) is 16.6. The number of aryl methyl sites for hydroxylation is 2. The highest BCUT2D eigenvalue weighted by molar-refractivity contribution is 6.38. The molecule has 0 aliphatic rings. The Morgan fingerprint density at radius 1 is 0.250 bits per heavy atom. The highest BCUT2D eigenvalue weighted by Gasteiger charge is 2.25. The van der Waals surface area contributed by atoms with Gasteiger partial charge < -0.3 is 9.80 Å². The number of para-hydroxylation sites is 2. The van der Waals surface area contributed by atoms with Gasteiger partial charge in [-0.1, -0.05) is 158 Å². The first kappa shape index (κ1) is 35.5. The van der Waals surface area contributed by atoms with Gasteiger partial charge in [-0.3, -0.25) is 0 Å². The number of benzene rings is 11. The minimum absolute atomic E-state index is 1.12. The minimum atomic E-state index is 1.12. The van der Waals surface area contributed by atoms with Gasteiger partial charge in [-0.2, -0.15) is 0 Å². The summed E-state index contributed by atoms with van der Waals surface area (Å²) in [5, 5.41) is 10.3. The second-order valence-electron chi connectivity index (χ2n) is 15.8. The van der Waals surface area contributed by atoms with Crippen LogP contribution in [0.15, 0.2) is 218 Å². The van der Waals surface area contributed by atoms with E-state index in [1.165, 1.54) is 76.5 Å². The van der Waals surface area contributed by atoms with E-state index in [1.54, 1.807) is 0 Å². The molecule has 284 valence electrons. The Labute approximate surface area is 351 Å². The van der Waals surface area contributed by atoms with Crippen LogP contribution in [0.4, 0.5) is 34.1 Å². The van der Waals surface area contributed by atoms with Crippen molar-refractivity contribution in [2.45, 2.75) is 13.8 Å². The Kier molecular flexibility index (Phi) is 8.64. The molecule has 11 rings (SSSR count). The summed E-state index contributed by atoms with van der Waals surface area (Å²) >= 11 is 0. The fourth-order valence-corrected chi connectivity index (χ4v) is 9.51. The fourth-order valence-electron chi connectivity index (χ4n) is 9.51. The van der Waals surface area contributed by atoms with Crippen molar-refractivity contribution >= 4 is 77.2 Å². The van der Waals surface area contributed by atoms with Gasteiger partial charge in [-0.15, -0.1) is 0 Å². The summed E-state index contributed by atoms with van der Waals surface area (Å²) in [6.45, 7) is 4.59. The third-order valence-electron chi connectivity index (χ3n) is 12.2. The number of hydrogen-bond acceptors (Lipinski definition) is 2.